The third-order valence-corrected chi connectivity index (χ3v) is 3.33. The highest BCUT2D eigenvalue weighted by Crippen LogP contribution is 2.29. The number of aromatic nitrogens is 2. The molecule has 1 heterocycles. The van der Waals surface area contributed by atoms with Gasteiger partial charge in [0, 0.05) is 11.1 Å². The zero-order valence-corrected chi connectivity index (χ0v) is 12.1. The summed E-state index contributed by atoms with van der Waals surface area (Å²) in [4.78, 5) is 20.2. The summed E-state index contributed by atoms with van der Waals surface area (Å²) in [6.07, 6.45) is 0. The molecule has 0 aliphatic heterocycles. The zero-order chi connectivity index (χ0) is 16.2. The minimum absolute atomic E-state index is 0.0731. The second kappa shape index (κ2) is 6.08. The van der Waals surface area contributed by atoms with Crippen LogP contribution >= 0.6 is 0 Å². The summed E-state index contributed by atoms with van der Waals surface area (Å²) in [5, 5.41) is 9.24. The van der Waals surface area contributed by atoms with Crippen molar-refractivity contribution in [2.24, 2.45) is 5.73 Å². The van der Waals surface area contributed by atoms with E-state index in [0.29, 0.717) is 11.4 Å². The van der Waals surface area contributed by atoms with Crippen molar-refractivity contribution in [1.82, 2.24) is 9.97 Å². The SMILES string of the molecule is N#Cc1nc(-c2ccccc2)c(-c2ccccc2)nc1C(N)=O. The van der Waals surface area contributed by atoms with E-state index < -0.39 is 5.91 Å². The topological polar surface area (TPSA) is 92.7 Å². The average molecular weight is 300 g/mol. The Kier molecular flexibility index (Phi) is 3.81. The molecule has 5 nitrogen and oxygen atoms in total. The van der Waals surface area contributed by atoms with E-state index in [1.54, 1.807) is 0 Å². The van der Waals surface area contributed by atoms with E-state index in [0.717, 1.165) is 11.1 Å². The van der Waals surface area contributed by atoms with Crippen molar-refractivity contribution in [3.8, 4) is 28.6 Å². The Morgan fingerprint density at radius 3 is 1.78 bits per heavy atom. The molecule has 1 aromatic heterocycles. The smallest absolute Gasteiger partial charge is 0.270 e. The summed E-state index contributed by atoms with van der Waals surface area (Å²) < 4.78 is 0. The number of amides is 1. The van der Waals surface area contributed by atoms with E-state index in [9.17, 15) is 10.1 Å². The van der Waals surface area contributed by atoms with Crippen molar-refractivity contribution in [3.63, 3.8) is 0 Å². The molecule has 0 saturated carbocycles. The van der Waals surface area contributed by atoms with Gasteiger partial charge in [0.05, 0.1) is 11.4 Å². The van der Waals surface area contributed by atoms with Gasteiger partial charge in [0.15, 0.2) is 11.4 Å². The van der Waals surface area contributed by atoms with E-state index in [1.807, 2.05) is 66.7 Å². The molecule has 0 radical (unpaired) electrons. The molecule has 1 amide bonds. The van der Waals surface area contributed by atoms with Crippen LogP contribution in [-0.4, -0.2) is 15.9 Å². The molecular weight excluding hydrogens is 288 g/mol. The van der Waals surface area contributed by atoms with Crippen molar-refractivity contribution >= 4 is 5.91 Å². The highest BCUT2D eigenvalue weighted by Gasteiger charge is 2.19. The maximum Gasteiger partial charge on any atom is 0.270 e. The van der Waals surface area contributed by atoms with Crippen LogP contribution in [-0.2, 0) is 0 Å². The van der Waals surface area contributed by atoms with Crippen LogP contribution in [0.1, 0.15) is 16.2 Å². The van der Waals surface area contributed by atoms with Gasteiger partial charge in [-0.05, 0) is 0 Å². The molecule has 0 aliphatic rings. The molecule has 110 valence electrons. The lowest BCUT2D eigenvalue weighted by Crippen LogP contribution is -2.17. The van der Waals surface area contributed by atoms with Crippen LogP contribution in [0.25, 0.3) is 22.5 Å². The van der Waals surface area contributed by atoms with Gasteiger partial charge in [0.25, 0.3) is 5.91 Å². The Labute approximate surface area is 133 Å². The highest BCUT2D eigenvalue weighted by atomic mass is 16.1. The zero-order valence-electron chi connectivity index (χ0n) is 12.1. The van der Waals surface area contributed by atoms with Gasteiger partial charge in [-0.1, -0.05) is 60.7 Å². The van der Waals surface area contributed by atoms with Crippen LogP contribution in [0.2, 0.25) is 0 Å². The Hall–Kier alpha value is -3.52. The fourth-order valence-corrected chi connectivity index (χ4v) is 2.28. The number of nitrogens with zero attached hydrogens (tertiary/aromatic N) is 3. The molecule has 2 N–H and O–H groups in total. The Bertz CT molecular complexity index is 900. The quantitative estimate of drug-likeness (QED) is 0.805. The molecule has 0 spiro atoms. The average Bonchev–Trinajstić information content (AvgIpc) is 2.62. The predicted molar refractivity (Wildman–Crippen MR) is 86.1 cm³/mol. The van der Waals surface area contributed by atoms with Gasteiger partial charge in [-0.3, -0.25) is 4.79 Å². The Morgan fingerprint density at radius 2 is 1.35 bits per heavy atom. The number of benzene rings is 2. The largest absolute Gasteiger partial charge is 0.364 e. The molecule has 0 fully saturated rings. The summed E-state index contributed by atoms with van der Waals surface area (Å²) in [5.74, 6) is -0.772. The summed E-state index contributed by atoms with van der Waals surface area (Å²) in [7, 11) is 0. The molecule has 0 aliphatic carbocycles. The van der Waals surface area contributed by atoms with Gasteiger partial charge in [0.2, 0.25) is 0 Å². The van der Waals surface area contributed by atoms with Crippen molar-refractivity contribution < 1.29 is 4.79 Å². The number of hydrogen-bond acceptors (Lipinski definition) is 4. The fourth-order valence-electron chi connectivity index (χ4n) is 2.28. The first-order valence-electron chi connectivity index (χ1n) is 6.93. The van der Waals surface area contributed by atoms with Crippen LogP contribution in [0.5, 0.6) is 0 Å². The van der Waals surface area contributed by atoms with E-state index >= 15 is 0 Å². The second-order valence-corrected chi connectivity index (χ2v) is 4.83. The molecule has 0 bridgehead atoms. The maximum atomic E-state index is 11.6. The maximum absolute atomic E-state index is 11.6. The number of rotatable bonds is 3. The lowest BCUT2D eigenvalue weighted by molar-refractivity contribution is 0.0995. The first-order chi connectivity index (χ1) is 11.2. The van der Waals surface area contributed by atoms with Gasteiger partial charge in [-0.25, -0.2) is 9.97 Å². The van der Waals surface area contributed by atoms with Crippen molar-refractivity contribution in [2.75, 3.05) is 0 Å². The standard InChI is InChI=1S/C18H12N4O/c19-11-14-17(18(20)23)22-16(13-9-5-2-6-10-13)15(21-14)12-7-3-1-4-8-12/h1-10H,(H2,20,23). The van der Waals surface area contributed by atoms with Crippen LogP contribution in [0.15, 0.2) is 60.7 Å². The molecule has 0 saturated heterocycles. The third kappa shape index (κ3) is 2.78. The highest BCUT2D eigenvalue weighted by molar-refractivity contribution is 5.94. The van der Waals surface area contributed by atoms with E-state index in [1.165, 1.54) is 0 Å². The molecule has 5 heteroatoms. The van der Waals surface area contributed by atoms with Crippen molar-refractivity contribution in [2.45, 2.75) is 0 Å². The number of carbonyl (C=O) groups excluding carboxylic acids is 1. The summed E-state index contributed by atoms with van der Waals surface area (Å²) >= 11 is 0. The Balaban J connectivity index is 2.33. The van der Waals surface area contributed by atoms with E-state index in [4.69, 9.17) is 5.73 Å². The van der Waals surface area contributed by atoms with Crippen molar-refractivity contribution in [1.29, 1.82) is 5.26 Å². The lowest BCUT2D eigenvalue weighted by Gasteiger charge is -2.11. The first-order valence-corrected chi connectivity index (χ1v) is 6.93. The van der Waals surface area contributed by atoms with Crippen LogP contribution < -0.4 is 5.73 Å². The number of nitriles is 1. The monoisotopic (exact) mass is 300 g/mol. The minimum Gasteiger partial charge on any atom is -0.364 e. The van der Waals surface area contributed by atoms with Gasteiger partial charge in [-0.15, -0.1) is 0 Å². The molecule has 3 aromatic rings. The molecular formula is C18H12N4O. The lowest BCUT2D eigenvalue weighted by atomic mass is 10.0. The number of nitrogens with two attached hydrogens (primary N) is 1. The van der Waals surface area contributed by atoms with Crippen LogP contribution in [0.4, 0.5) is 0 Å². The van der Waals surface area contributed by atoms with E-state index in [-0.39, 0.29) is 11.4 Å². The first kappa shape index (κ1) is 14.4. The van der Waals surface area contributed by atoms with Gasteiger partial charge >= 0.3 is 0 Å². The molecule has 0 atom stereocenters. The number of carbonyl (C=O) groups is 1. The van der Waals surface area contributed by atoms with Gasteiger partial charge in [-0.2, -0.15) is 5.26 Å². The minimum atomic E-state index is -0.772. The van der Waals surface area contributed by atoms with E-state index in [2.05, 4.69) is 9.97 Å². The summed E-state index contributed by atoms with van der Waals surface area (Å²) in [6, 6.07) is 20.6. The summed E-state index contributed by atoms with van der Waals surface area (Å²) in [5.41, 5.74) is 7.81. The van der Waals surface area contributed by atoms with Crippen LogP contribution in [0.3, 0.4) is 0 Å². The van der Waals surface area contributed by atoms with Gasteiger partial charge < -0.3 is 5.73 Å². The molecule has 0 unspecified atom stereocenters. The van der Waals surface area contributed by atoms with Gasteiger partial charge in [0.1, 0.15) is 6.07 Å². The number of primary amides is 1. The molecule has 23 heavy (non-hydrogen) atoms. The normalized spacial score (nSPS) is 10.0. The summed E-state index contributed by atoms with van der Waals surface area (Å²) in [6.45, 7) is 0. The second-order valence-electron chi connectivity index (χ2n) is 4.83. The molecule has 3 rings (SSSR count). The molecule has 2 aromatic carbocycles. The Morgan fingerprint density at radius 1 is 0.870 bits per heavy atom. The fraction of sp³-hybridized carbons (Fsp3) is 0. The van der Waals surface area contributed by atoms with Crippen molar-refractivity contribution in [3.05, 3.63) is 72.1 Å². The van der Waals surface area contributed by atoms with Crippen LogP contribution in [0, 0.1) is 11.3 Å². The third-order valence-electron chi connectivity index (χ3n) is 3.33. The predicted octanol–water partition coefficient (Wildman–Crippen LogP) is 2.78. The number of hydrogen-bond donors (Lipinski definition) is 1.